The van der Waals surface area contributed by atoms with Crippen molar-refractivity contribution in [2.24, 2.45) is 0 Å². The molecule has 0 aliphatic heterocycles. The van der Waals surface area contributed by atoms with Crippen LogP contribution in [0.5, 0.6) is 17.2 Å². The fourth-order valence-corrected chi connectivity index (χ4v) is 5.38. The maximum Gasteiger partial charge on any atom is 0.338 e. The van der Waals surface area contributed by atoms with Crippen LogP contribution < -0.4 is 14.2 Å². The molecule has 3 aromatic rings. The van der Waals surface area contributed by atoms with E-state index in [0.29, 0.717) is 40.4 Å². The van der Waals surface area contributed by atoms with Crippen molar-refractivity contribution in [1.29, 1.82) is 0 Å². The first-order valence-corrected chi connectivity index (χ1v) is 20.7. The van der Waals surface area contributed by atoms with E-state index in [1.807, 2.05) is 0 Å². The zero-order valence-electron chi connectivity index (χ0n) is 36.2. The lowest BCUT2D eigenvalue weighted by atomic mass is 10.1. The van der Waals surface area contributed by atoms with E-state index in [0.717, 1.165) is 0 Å². The van der Waals surface area contributed by atoms with E-state index >= 15 is 0 Å². The molecule has 0 spiro atoms. The Morgan fingerprint density at radius 2 is 0.730 bits per heavy atom. The van der Waals surface area contributed by atoms with Gasteiger partial charge in [-0.05, 0) is 93.1 Å². The minimum Gasteiger partial charge on any atom is -0.494 e. The number of benzene rings is 3. The molecule has 0 unspecified atom stereocenters. The first kappa shape index (κ1) is 50.5. The zero-order valence-corrected chi connectivity index (χ0v) is 36.2. The largest absolute Gasteiger partial charge is 0.494 e. The van der Waals surface area contributed by atoms with Crippen LogP contribution in [0.25, 0.3) is 16.7 Å². The van der Waals surface area contributed by atoms with E-state index in [9.17, 15) is 28.8 Å². The minimum atomic E-state index is -1.33. The number of carbonyl (C=O) groups is 6. The van der Waals surface area contributed by atoms with Gasteiger partial charge >= 0.3 is 35.8 Å². The van der Waals surface area contributed by atoms with Crippen LogP contribution in [-0.4, -0.2) is 88.4 Å². The van der Waals surface area contributed by atoms with Crippen LogP contribution in [0, 0.1) is 0 Å². The summed E-state index contributed by atoms with van der Waals surface area (Å²) in [6.07, 6.45) is -0.634. The van der Waals surface area contributed by atoms with Crippen molar-refractivity contribution in [3.8, 4) is 17.2 Å². The molecular weight excluding hydrogens is 817 g/mol. The van der Waals surface area contributed by atoms with Gasteiger partial charge in [0.25, 0.3) is 6.29 Å². The molecule has 0 atom stereocenters. The lowest BCUT2D eigenvalue weighted by molar-refractivity contribution is -0.191. The Bertz CT molecular complexity index is 1900. The molecule has 338 valence electrons. The SMILES string of the molecule is C=C(C(=O)OCC)c1ccc(OCCCC(=O)OCCC(OC(=O)CCCOc2ccc(C(=C)C(=O)OCC)cc2)OC(=O)CCCOc2ccc(C(=C)C(=O)OCC)cc2)cc1. The van der Waals surface area contributed by atoms with Crippen LogP contribution in [-0.2, 0) is 57.2 Å². The van der Waals surface area contributed by atoms with Crippen molar-refractivity contribution in [3.63, 3.8) is 0 Å². The van der Waals surface area contributed by atoms with Gasteiger partial charge in [-0.2, -0.15) is 0 Å². The van der Waals surface area contributed by atoms with Crippen molar-refractivity contribution in [2.45, 2.75) is 72.0 Å². The number of esters is 6. The summed E-state index contributed by atoms with van der Waals surface area (Å²) in [4.78, 5) is 73.9. The Morgan fingerprint density at radius 3 is 1.03 bits per heavy atom. The highest BCUT2D eigenvalue weighted by Crippen LogP contribution is 2.22. The molecule has 3 rings (SSSR count). The molecule has 0 radical (unpaired) electrons. The second-order valence-electron chi connectivity index (χ2n) is 13.4. The van der Waals surface area contributed by atoms with Crippen LogP contribution in [0.3, 0.4) is 0 Å². The maximum absolute atomic E-state index is 12.8. The van der Waals surface area contributed by atoms with Gasteiger partial charge in [0.05, 0.1) is 69.4 Å². The van der Waals surface area contributed by atoms with Crippen molar-refractivity contribution >= 4 is 52.5 Å². The molecule has 3 aromatic carbocycles. The van der Waals surface area contributed by atoms with Crippen LogP contribution in [0.2, 0.25) is 0 Å². The Hall–Kier alpha value is -6.90. The highest BCUT2D eigenvalue weighted by atomic mass is 16.7. The minimum absolute atomic E-state index is 0.0355. The second-order valence-corrected chi connectivity index (χ2v) is 13.4. The van der Waals surface area contributed by atoms with Gasteiger partial charge in [-0.3, -0.25) is 14.4 Å². The second kappa shape index (κ2) is 27.8. The Labute approximate surface area is 367 Å². The summed E-state index contributed by atoms with van der Waals surface area (Å²) in [7, 11) is 0. The van der Waals surface area contributed by atoms with E-state index in [4.69, 9.17) is 42.6 Å². The van der Waals surface area contributed by atoms with Crippen LogP contribution in [0.15, 0.2) is 92.5 Å². The predicted octanol–water partition coefficient (Wildman–Crippen LogP) is 7.64. The summed E-state index contributed by atoms with van der Waals surface area (Å²) in [6.45, 7) is 17.5. The third kappa shape index (κ3) is 18.7. The summed E-state index contributed by atoms with van der Waals surface area (Å²) >= 11 is 0. The van der Waals surface area contributed by atoms with Gasteiger partial charge in [-0.15, -0.1) is 0 Å². The molecule has 0 N–H and O–H groups in total. The van der Waals surface area contributed by atoms with Crippen molar-refractivity contribution in [2.75, 3.05) is 46.2 Å². The van der Waals surface area contributed by atoms with Crippen molar-refractivity contribution in [3.05, 3.63) is 109 Å². The predicted molar refractivity (Wildman–Crippen MR) is 232 cm³/mol. The first-order chi connectivity index (χ1) is 30.3. The molecule has 0 aliphatic carbocycles. The molecule has 0 saturated heterocycles. The van der Waals surface area contributed by atoms with Crippen LogP contribution in [0.1, 0.15) is 82.4 Å². The smallest absolute Gasteiger partial charge is 0.338 e. The van der Waals surface area contributed by atoms with E-state index in [1.165, 1.54) is 0 Å². The monoisotopic (exact) mass is 872 g/mol. The Kier molecular flexibility index (Phi) is 22.3. The van der Waals surface area contributed by atoms with Crippen LogP contribution in [0.4, 0.5) is 0 Å². The van der Waals surface area contributed by atoms with E-state index in [2.05, 4.69) is 19.7 Å². The average Bonchev–Trinajstić information content (AvgIpc) is 3.28. The molecule has 0 heterocycles. The van der Waals surface area contributed by atoms with Gasteiger partial charge in [0.2, 0.25) is 0 Å². The third-order valence-electron chi connectivity index (χ3n) is 8.70. The highest BCUT2D eigenvalue weighted by molar-refractivity contribution is 6.16. The summed E-state index contributed by atoms with van der Waals surface area (Å²) < 4.78 is 48.3. The zero-order chi connectivity index (χ0) is 46.0. The quantitative estimate of drug-likeness (QED) is 0.0218. The summed E-state index contributed by atoms with van der Waals surface area (Å²) in [5.41, 5.74) is 2.44. The van der Waals surface area contributed by atoms with Crippen molar-refractivity contribution < 1.29 is 71.4 Å². The van der Waals surface area contributed by atoms with Crippen molar-refractivity contribution in [1.82, 2.24) is 0 Å². The summed E-state index contributed by atoms with van der Waals surface area (Å²) in [5, 5.41) is 0. The molecule has 0 amide bonds. The molecule has 15 nitrogen and oxygen atoms in total. The molecule has 0 bridgehead atoms. The highest BCUT2D eigenvalue weighted by Gasteiger charge is 2.21. The number of hydrogen-bond acceptors (Lipinski definition) is 15. The number of carbonyl (C=O) groups excluding carboxylic acids is 6. The molecular formula is C48H56O15. The van der Waals surface area contributed by atoms with Gasteiger partial charge < -0.3 is 42.6 Å². The molecule has 15 heteroatoms. The maximum atomic E-state index is 12.8. The average molecular weight is 873 g/mol. The first-order valence-electron chi connectivity index (χ1n) is 20.7. The lowest BCUT2D eigenvalue weighted by Crippen LogP contribution is -2.27. The van der Waals surface area contributed by atoms with E-state index in [1.54, 1.807) is 93.6 Å². The molecule has 0 aromatic heterocycles. The van der Waals surface area contributed by atoms with Gasteiger partial charge in [-0.25, -0.2) is 14.4 Å². The molecule has 63 heavy (non-hydrogen) atoms. The number of hydrogen-bond donors (Lipinski definition) is 0. The number of rotatable bonds is 29. The molecule has 0 saturated carbocycles. The fourth-order valence-electron chi connectivity index (χ4n) is 5.38. The topological polar surface area (TPSA) is 185 Å². The normalized spacial score (nSPS) is 10.5. The summed E-state index contributed by atoms with van der Waals surface area (Å²) in [5.74, 6) is -1.80. The lowest BCUT2D eigenvalue weighted by Gasteiger charge is -2.18. The third-order valence-corrected chi connectivity index (χ3v) is 8.70. The molecule has 0 aliphatic rings. The van der Waals surface area contributed by atoms with Gasteiger partial charge in [0.15, 0.2) is 0 Å². The van der Waals surface area contributed by atoms with E-state index < -0.39 is 42.1 Å². The number of ether oxygens (including phenoxy) is 9. The van der Waals surface area contributed by atoms with E-state index in [-0.39, 0.29) is 101 Å². The Balaban J connectivity index is 1.45. The fraction of sp³-hybridized carbons (Fsp3) is 0.375. The molecule has 0 fully saturated rings. The van der Waals surface area contributed by atoms with Gasteiger partial charge in [-0.1, -0.05) is 56.1 Å². The van der Waals surface area contributed by atoms with Gasteiger partial charge in [0.1, 0.15) is 17.2 Å². The standard InChI is InChI=1S/C48H56O15/c1-7-55-46(52)33(4)36-16-22-39(23-17-36)58-29-10-13-42(49)61-32-28-45(62-43(50)14-11-30-59-40-24-18-37(19-25-40)34(5)47(53)56-8-2)63-44(51)15-12-31-60-41-26-20-38(21-27-41)35(6)48(54)57-9-3/h16-27,45H,4-15,28-32H2,1-3H3. The Morgan fingerprint density at radius 1 is 0.429 bits per heavy atom. The van der Waals surface area contributed by atoms with Gasteiger partial charge in [0, 0.05) is 19.3 Å². The van der Waals surface area contributed by atoms with Crippen LogP contribution >= 0.6 is 0 Å². The summed E-state index contributed by atoms with van der Waals surface area (Å²) in [6, 6.07) is 20.1.